The highest BCUT2D eigenvalue weighted by molar-refractivity contribution is 5.73. The van der Waals surface area contributed by atoms with Gasteiger partial charge >= 0.3 is 6.03 Å². The van der Waals surface area contributed by atoms with E-state index in [0.29, 0.717) is 22.9 Å². The van der Waals surface area contributed by atoms with Crippen molar-refractivity contribution in [2.24, 2.45) is 0 Å². The molecule has 0 bridgehead atoms. The lowest BCUT2D eigenvalue weighted by Crippen LogP contribution is -2.38. The molecule has 1 heterocycles. The molecule has 1 aromatic carbocycles. The van der Waals surface area contributed by atoms with Crippen molar-refractivity contribution in [3.8, 4) is 11.5 Å². The maximum Gasteiger partial charge on any atom is 0.315 e. The number of hydrogen-bond acceptors (Lipinski definition) is 6. The zero-order valence-corrected chi connectivity index (χ0v) is 14.5. The number of nitrogens with one attached hydrogen (secondary N) is 2. The molecule has 136 valence electrons. The minimum Gasteiger partial charge on any atom is -0.497 e. The molecule has 0 unspecified atom stereocenters. The van der Waals surface area contributed by atoms with Gasteiger partial charge in [0, 0.05) is 18.7 Å². The molecule has 0 aliphatic heterocycles. The number of aliphatic hydroxyl groups is 1. The number of amides is 2. The normalized spacial score (nSPS) is 11.7. The van der Waals surface area contributed by atoms with Gasteiger partial charge in [-0.3, -0.25) is 0 Å². The summed E-state index contributed by atoms with van der Waals surface area (Å²) in [5.74, 6) is 1.78. The number of aryl methyl sites for hydroxylation is 1. The molecule has 0 saturated heterocycles. The van der Waals surface area contributed by atoms with E-state index in [0.717, 1.165) is 6.54 Å². The first-order valence-electron chi connectivity index (χ1n) is 7.87. The van der Waals surface area contributed by atoms with Crippen LogP contribution < -0.4 is 20.1 Å². The SMILES string of the molecule is CCn1cnnc1CNC(=O)NC[C@H](O)c1cc(OC)ccc1OC. The molecule has 0 spiro atoms. The zero-order valence-electron chi connectivity index (χ0n) is 14.5. The molecule has 0 aliphatic rings. The summed E-state index contributed by atoms with van der Waals surface area (Å²) in [5, 5.41) is 23.4. The third-order valence-corrected chi connectivity index (χ3v) is 3.70. The Morgan fingerprint density at radius 2 is 2.12 bits per heavy atom. The second kappa shape index (κ2) is 8.88. The van der Waals surface area contributed by atoms with Crippen molar-refractivity contribution >= 4 is 6.03 Å². The van der Waals surface area contributed by atoms with E-state index in [1.165, 1.54) is 7.11 Å². The van der Waals surface area contributed by atoms with Crippen LogP contribution in [0.25, 0.3) is 0 Å². The molecule has 2 aromatic rings. The number of benzene rings is 1. The van der Waals surface area contributed by atoms with Gasteiger partial charge < -0.3 is 29.8 Å². The van der Waals surface area contributed by atoms with Gasteiger partial charge in [-0.15, -0.1) is 10.2 Å². The topological polar surface area (TPSA) is 111 Å². The van der Waals surface area contributed by atoms with Crippen LogP contribution in [-0.2, 0) is 13.1 Å². The van der Waals surface area contributed by atoms with Crippen LogP contribution in [0.15, 0.2) is 24.5 Å². The van der Waals surface area contributed by atoms with Crippen molar-refractivity contribution in [1.29, 1.82) is 0 Å². The Labute approximate surface area is 146 Å². The fourth-order valence-corrected chi connectivity index (χ4v) is 2.30. The van der Waals surface area contributed by atoms with Crippen molar-refractivity contribution in [1.82, 2.24) is 25.4 Å². The lowest BCUT2D eigenvalue weighted by molar-refractivity contribution is 0.169. The quantitative estimate of drug-likeness (QED) is 0.652. The molecule has 1 atom stereocenters. The summed E-state index contributed by atoms with van der Waals surface area (Å²) in [4.78, 5) is 11.9. The number of urea groups is 1. The highest BCUT2D eigenvalue weighted by Gasteiger charge is 2.16. The first-order chi connectivity index (χ1) is 12.1. The molecule has 9 heteroatoms. The molecule has 2 rings (SSSR count). The largest absolute Gasteiger partial charge is 0.497 e. The van der Waals surface area contributed by atoms with Gasteiger partial charge in [-0.05, 0) is 25.1 Å². The minimum atomic E-state index is -0.935. The van der Waals surface area contributed by atoms with E-state index < -0.39 is 12.1 Å². The zero-order chi connectivity index (χ0) is 18.2. The summed E-state index contributed by atoms with van der Waals surface area (Å²) in [6, 6.07) is 4.70. The molecule has 3 N–H and O–H groups in total. The Bertz CT molecular complexity index is 704. The molecular formula is C16H23N5O4. The first-order valence-corrected chi connectivity index (χ1v) is 7.87. The Kier molecular flexibility index (Phi) is 6.58. The number of aromatic nitrogens is 3. The fourth-order valence-electron chi connectivity index (χ4n) is 2.30. The van der Waals surface area contributed by atoms with Gasteiger partial charge in [0.1, 0.15) is 23.9 Å². The van der Waals surface area contributed by atoms with E-state index in [4.69, 9.17) is 9.47 Å². The first kappa shape index (κ1) is 18.5. The number of rotatable bonds is 8. The van der Waals surface area contributed by atoms with Crippen molar-refractivity contribution in [3.05, 3.63) is 35.9 Å². The monoisotopic (exact) mass is 349 g/mol. The van der Waals surface area contributed by atoms with Crippen LogP contribution in [0.4, 0.5) is 4.79 Å². The lowest BCUT2D eigenvalue weighted by atomic mass is 10.1. The van der Waals surface area contributed by atoms with Gasteiger partial charge in [0.05, 0.1) is 20.8 Å². The van der Waals surface area contributed by atoms with E-state index in [9.17, 15) is 9.90 Å². The number of carbonyl (C=O) groups is 1. The molecule has 0 saturated carbocycles. The van der Waals surface area contributed by atoms with Crippen LogP contribution in [-0.4, -0.2) is 46.7 Å². The molecule has 9 nitrogen and oxygen atoms in total. The standard InChI is InChI=1S/C16H23N5O4/c1-4-21-10-19-20-15(21)9-18-16(23)17-8-13(22)12-7-11(24-2)5-6-14(12)25-3/h5-7,10,13,22H,4,8-9H2,1-3H3,(H2,17,18,23)/t13-/m0/s1. The smallest absolute Gasteiger partial charge is 0.315 e. The molecular weight excluding hydrogens is 326 g/mol. The fraction of sp³-hybridized carbons (Fsp3) is 0.438. The Hall–Kier alpha value is -2.81. The van der Waals surface area contributed by atoms with E-state index >= 15 is 0 Å². The van der Waals surface area contributed by atoms with Gasteiger partial charge in [0.25, 0.3) is 0 Å². The van der Waals surface area contributed by atoms with E-state index in [-0.39, 0.29) is 13.1 Å². The van der Waals surface area contributed by atoms with Gasteiger partial charge in [0.2, 0.25) is 0 Å². The van der Waals surface area contributed by atoms with Gasteiger partial charge in [0.15, 0.2) is 5.82 Å². The Balaban J connectivity index is 1.89. The summed E-state index contributed by atoms with van der Waals surface area (Å²) >= 11 is 0. The van der Waals surface area contributed by atoms with Gasteiger partial charge in [-0.2, -0.15) is 0 Å². The summed E-state index contributed by atoms with van der Waals surface area (Å²) in [6.07, 6.45) is 0.670. The predicted octanol–water partition coefficient (Wildman–Crippen LogP) is 0.848. The van der Waals surface area contributed by atoms with Crippen molar-refractivity contribution in [3.63, 3.8) is 0 Å². The summed E-state index contributed by atoms with van der Waals surface area (Å²) in [7, 11) is 3.06. The third kappa shape index (κ3) is 4.83. The molecule has 25 heavy (non-hydrogen) atoms. The van der Waals surface area contributed by atoms with E-state index in [1.54, 1.807) is 31.6 Å². The lowest BCUT2D eigenvalue weighted by Gasteiger charge is -2.16. The maximum absolute atomic E-state index is 11.9. The van der Waals surface area contributed by atoms with Crippen molar-refractivity contribution in [2.45, 2.75) is 26.1 Å². The highest BCUT2D eigenvalue weighted by Crippen LogP contribution is 2.28. The average molecular weight is 349 g/mol. The van der Waals surface area contributed by atoms with Crippen molar-refractivity contribution < 1.29 is 19.4 Å². The average Bonchev–Trinajstić information content (AvgIpc) is 3.11. The number of ether oxygens (including phenoxy) is 2. The second-order valence-electron chi connectivity index (χ2n) is 5.22. The minimum absolute atomic E-state index is 0.0236. The van der Waals surface area contributed by atoms with E-state index in [1.807, 2.05) is 11.5 Å². The van der Waals surface area contributed by atoms with Crippen LogP contribution in [0.3, 0.4) is 0 Å². The number of methoxy groups -OCH3 is 2. The molecule has 1 aromatic heterocycles. The summed E-state index contributed by atoms with van der Waals surface area (Å²) in [5.41, 5.74) is 0.535. The van der Waals surface area contributed by atoms with Crippen LogP contribution in [0, 0.1) is 0 Å². The Morgan fingerprint density at radius 3 is 2.80 bits per heavy atom. The number of carbonyl (C=O) groups excluding carboxylic acids is 1. The molecule has 0 radical (unpaired) electrons. The summed E-state index contributed by atoms with van der Waals surface area (Å²) < 4.78 is 12.2. The second-order valence-corrected chi connectivity index (χ2v) is 5.22. The molecule has 0 aliphatic carbocycles. The van der Waals surface area contributed by atoms with Crippen LogP contribution >= 0.6 is 0 Å². The number of nitrogens with zero attached hydrogens (tertiary/aromatic N) is 3. The third-order valence-electron chi connectivity index (χ3n) is 3.70. The van der Waals surface area contributed by atoms with Crippen LogP contribution in [0.2, 0.25) is 0 Å². The van der Waals surface area contributed by atoms with Crippen LogP contribution in [0.1, 0.15) is 24.4 Å². The number of hydrogen-bond donors (Lipinski definition) is 3. The van der Waals surface area contributed by atoms with E-state index in [2.05, 4.69) is 20.8 Å². The van der Waals surface area contributed by atoms with Crippen molar-refractivity contribution in [2.75, 3.05) is 20.8 Å². The predicted molar refractivity (Wildman–Crippen MR) is 90.4 cm³/mol. The molecule has 0 fully saturated rings. The Morgan fingerprint density at radius 1 is 1.32 bits per heavy atom. The number of aliphatic hydroxyl groups excluding tert-OH is 1. The maximum atomic E-state index is 11.9. The molecule has 2 amide bonds. The van der Waals surface area contributed by atoms with Crippen LogP contribution in [0.5, 0.6) is 11.5 Å². The van der Waals surface area contributed by atoms with Gasteiger partial charge in [-0.25, -0.2) is 4.79 Å². The summed E-state index contributed by atoms with van der Waals surface area (Å²) in [6.45, 7) is 2.96. The van der Waals surface area contributed by atoms with Gasteiger partial charge in [-0.1, -0.05) is 0 Å². The highest BCUT2D eigenvalue weighted by atomic mass is 16.5.